The number of anilines is 1. The molecule has 0 atom stereocenters. The van der Waals surface area contributed by atoms with Crippen LogP contribution < -0.4 is 5.73 Å². The summed E-state index contributed by atoms with van der Waals surface area (Å²) < 4.78 is 1.73. The van der Waals surface area contributed by atoms with Gasteiger partial charge >= 0.3 is 0 Å². The molecule has 4 aromatic rings. The van der Waals surface area contributed by atoms with Crippen LogP contribution in [0.15, 0.2) is 48.7 Å². The second-order valence-corrected chi connectivity index (χ2v) is 7.23. The lowest BCUT2D eigenvalue weighted by molar-refractivity contribution is 0.636. The molecule has 0 saturated heterocycles. The predicted octanol–water partition coefficient (Wildman–Crippen LogP) is 3.95. The van der Waals surface area contributed by atoms with Gasteiger partial charge in [-0.2, -0.15) is 0 Å². The van der Waals surface area contributed by atoms with Crippen molar-refractivity contribution in [3.63, 3.8) is 0 Å². The molecule has 0 unspecified atom stereocenters. The molecule has 0 saturated carbocycles. The van der Waals surface area contributed by atoms with Gasteiger partial charge in [0.15, 0.2) is 0 Å². The van der Waals surface area contributed by atoms with Crippen LogP contribution in [-0.2, 0) is 13.0 Å². The summed E-state index contributed by atoms with van der Waals surface area (Å²) in [6.07, 6.45) is 2.72. The Hall–Kier alpha value is -3.32. The minimum absolute atomic E-state index is 0.169. The maximum atomic E-state index is 6.19. The van der Waals surface area contributed by atoms with Gasteiger partial charge < -0.3 is 5.73 Å². The molecular formula is C21H20ClN7. The van der Waals surface area contributed by atoms with Crippen molar-refractivity contribution < 1.29 is 0 Å². The largest absolute Gasteiger partial charge is 0.368 e. The van der Waals surface area contributed by atoms with E-state index in [9.17, 15) is 0 Å². The zero-order valence-corrected chi connectivity index (χ0v) is 16.9. The smallest absolute Gasteiger partial charge is 0.221 e. The Kier molecular flexibility index (Phi) is 5.22. The summed E-state index contributed by atoms with van der Waals surface area (Å²) in [6, 6.07) is 13.6. The first-order chi connectivity index (χ1) is 14.0. The summed E-state index contributed by atoms with van der Waals surface area (Å²) >= 11 is 6.19. The van der Waals surface area contributed by atoms with E-state index in [0.29, 0.717) is 28.6 Å². The van der Waals surface area contributed by atoms with Gasteiger partial charge in [0, 0.05) is 16.3 Å². The Labute approximate surface area is 173 Å². The molecule has 0 radical (unpaired) electrons. The van der Waals surface area contributed by atoms with Gasteiger partial charge in [0.1, 0.15) is 5.69 Å². The van der Waals surface area contributed by atoms with E-state index < -0.39 is 0 Å². The highest BCUT2D eigenvalue weighted by Gasteiger charge is 2.12. The van der Waals surface area contributed by atoms with Crippen molar-refractivity contribution in [1.29, 1.82) is 0 Å². The molecule has 0 aliphatic rings. The fourth-order valence-electron chi connectivity index (χ4n) is 3.10. The highest BCUT2D eigenvalue weighted by molar-refractivity contribution is 6.30. The van der Waals surface area contributed by atoms with Crippen LogP contribution in [0, 0.1) is 6.92 Å². The Morgan fingerprint density at radius 1 is 0.966 bits per heavy atom. The Morgan fingerprint density at radius 2 is 1.76 bits per heavy atom. The number of nitrogens with zero attached hydrogens (tertiary/aromatic N) is 6. The number of hydrogen-bond acceptors (Lipinski definition) is 6. The van der Waals surface area contributed by atoms with E-state index in [2.05, 4.69) is 32.2 Å². The van der Waals surface area contributed by atoms with E-state index in [1.165, 1.54) is 0 Å². The molecule has 0 aliphatic carbocycles. The van der Waals surface area contributed by atoms with Crippen LogP contribution in [0.3, 0.4) is 0 Å². The zero-order valence-electron chi connectivity index (χ0n) is 16.2. The van der Waals surface area contributed by atoms with Crippen LogP contribution in [-0.4, -0.2) is 29.9 Å². The minimum atomic E-state index is 0.169. The van der Waals surface area contributed by atoms with Crippen molar-refractivity contribution in [2.24, 2.45) is 0 Å². The van der Waals surface area contributed by atoms with E-state index in [-0.39, 0.29) is 5.95 Å². The number of halogens is 1. The first-order valence-corrected chi connectivity index (χ1v) is 9.65. The highest BCUT2D eigenvalue weighted by atomic mass is 35.5. The Morgan fingerprint density at radius 3 is 2.55 bits per heavy atom. The number of pyridine rings is 1. The van der Waals surface area contributed by atoms with Gasteiger partial charge in [0.25, 0.3) is 0 Å². The molecule has 3 heterocycles. The molecule has 2 N–H and O–H groups in total. The monoisotopic (exact) mass is 405 g/mol. The number of nitrogens with two attached hydrogens (primary N) is 1. The van der Waals surface area contributed by atoms with Crippen LogP contribution in [0.4, 0.5) is 5.95 Å². The van der Waals surface area contributed by atoms with Gasteiger partial charge in [0.2, 0.25) is 5.95 Å². The lowest BCUT2D eigenvalue weighted by Gasteiger charge is -2.06. The average Bonchev–Trinajstić information content (AvgIpc) is 3.15. The van der Waals surface area contributed by atoms with Gasteiger partial charge in [-0.1, -0.05) is 29.8 Å². The Bertz CT molecular complexity index is 1150. The topological polar surface area (TPSA) is 95.4 Å². The third-order valence-corrected chi connectivity index (χ3v) is 4.65. The molecule has 4 rings (SSSR count). The maximum Gasteiger partial charge on any atom is 0.221 e. The van der Waals surface area contributed by atoms with Crippen LogP contribution in [0.1, 0.15) is 23.9 Å². The number of rotatable bonds is 5. The summed E-state index contributed by atoms with van der Waals surface area (Å²) in [5.41, 5.74) is 11.7. The maximum absolute atomic E-state index is 6.19. The number of nitrogen functional groups attached to an aromatic ring is 1. The van der Waals surface area contributed by atoms with Crippen LogP contribution in [0.2, 0.25) is 5.02 Å². The first-order valence-electron chi connectivity index (χ1n) is 9.27. The lowest BCUT2D eigenvalue weighted by atomic mass is 10.1. The predicted molar refractivity (Wildman–Crippen MR) is 113 cm³/mol. The van der Waals surface area contributed by atoms with Gasteiger partial charge in [-0.15, -0.1) is 5.10 Å². The molecule has 0 fully saturated rings. The molecule has 146 valence electrons. The van der Waals surface area contributed by atoms with E-state index in [1.54, 1.807) is 4.68 Å². The van der Waals surface area contributed by atoms with E-state index in [1.807, 2.05) is 55.6 Å². The van der Waals surface area contributed by atoms with E-state index in [0.717, 1.165) is 28.9 Å². The molecule has 29 heavy (non-hydrogen) atoms. The van der Waals surface area contributed by atoms with Crippen LogP contribution in [0.5, 0.6) is 0 Å². The molecule has 1 aromatic carbocycles. The summed E-state index contributed by atoms with van der Waals surface area (Å²) in [7, 11) is 0. The summed E-state index contributed by atoms with van der Waals surface area (Å²) in [4.78, 5) is 13.3. The first kappa shape index (κ1) is 19.0. The van der Waals surface area contributed by atoms with Crippen LogP contribution >= 0.6 is 11.6 Å². The second kappa shape index (κ2) is 7.97. The Balaban J connectivity index is 1.64. The van der Waals surface area contributed by atoms with Crippen molar-refractivity contribution in [3.8, 4) is 22.6 Å². The number of aryl methyl sites for hydroxylation is 2. The van der Waals surface area contributed by atoms with E-state index >= 15 is 0 Å². The summed E-state index contributed by atoms with van der Waals surface area (Å²) in [5, 5.41) is 9.10. The summed E-state index contributed by atoms with van der Waals surface area (Å²) in [6.45, 7) is 4.59. The third-order valence-electron chi connectivity index (χ3n) is 4.43. The number of benzene rings is 1. The molecule has 0 amide bonds. The fourth-order valence-corrected chi connectivity index (χ4v) is 3.39. The third kappa shape index (κ3) is 4.41. The average molecular weight is 406 g/mol. The highest BCUT2D eigenvalue weighted by Crippen LogP contribution is 2.26. The van der Waals surface area contributed by atoms with Crippen molar-refractivity contribution in [3.05, 3.63) is 70.6 Å². The minimum Gasteiger partial charge on any atom is -0.368 e. The lowest BCUT2D eigenvalue weighted by Crippen LogP contribution is -2.03. The molecular weight excluding hydrogens is 386 g/mol. The van der Waals surface area contributed by atoms with Gasteiger partial charge in [-0.25, -0.2) is 14.6 Å². The normalized spacial score (nSPS) is 11.0. The van der Waals surface area contributed by atoms with Crippen molar-refractivity contribution >= 4 is 17.5 Å². The van der Waals surface area contributed by atoms with Gasteiger partial charge in [-0.3, -0.25) is 4.98 Å². The van der Waals surface area contributed by atoms with Crippen molar-refractivity contribution in [2.75, 3.05) is 5.73 Å². The zero-order chi connectivity index (χ0) is 20.4. The number of aromatic nitrogens is 6. The van der Waals surface area contributed by atoms with Crippen molar-refractivity contribution in [1.82, 2.24) is 29.9 Å². The molecule has 0 spiro atoms. The molecule has 3 aromatic heterocycles. The SMILES string of the molecule is CCc1cccc(Cn2cc(-c3cc(-c4cc(C)cc(Cl)c4)nc(N)n3)nn2)n1. The summed E-state index contributed by atoms with van der Waals surface area (Å²) in [5.74, 6) is 0.169. The van der Waals surface area contributed by atoms with Gasteiger partial charge in [0.05, 0.1) is 29.8 Å². The van der Waals surface area contributed by atoms with Gasteiger partial charge in [-0.05, 0) is 55.3 Å². The molecule has 8 heteroatoms. The molecule has 7 nitrogen and oxygen atoms in total. The molecule has 0 aliphatic heterocycles. The quantitative estimate of drug-likeness (QED) is 0.540. The van der Waals surface area contributed by atoms with Crippen LogP contribution in [0.25, 0.3) is 22.6 Å². The molecule has 0 bridgehead atoms. The fraction of sp³-hybridized carbons (Fsp3) is 0.190. The standard InChI is InChI=1S/C21H20ClN7/c1-3-16-5-4-6-17(24-16)11-29-12-20(27-28-29)19-10-18(25-21(23)26-19)14-7-13(2)8-15(22)9-14/h4-10,12H,3,11H2,1-2H3,(H2,23,25,26). The number of hydrogen-bond donors (Lipinski definition) is 1. The van der Waals surface area contributed by atoms with E-state index in [4.69, 9.17) is 17.3 Å². The van der Waals surface area contributed by atoms with Crippen molar-refractivity contribution in [2.45, 2.75) is 26.8 Å². The second-order valence-electron chi connectivity index (χ2n) is 6.79.